The Morgan fingerprint density at radius 3 is 1.73 bits per heavy atom. The zero-order chi connectivity index (χ0) is 15.8. The van der Waals surface area contributed by atoms with Gasteiger partial charge in [0.1, 0.15) is 0 Å². The highest BCUT2D eigenvalue weighted by Crippen LogP contribution is 2.35. The van der Waals surface area contributed by atoms with E-state index < -0.39 is 0 Å². The Kier molecular flexibility index (Phi) is 7.95. The topological polar surface area (TPSA) is 9.23 Å². The molecule has 1 unspecified atom stereocenters. The molecule has 0 N–H and O–H groups in total. The molecule has 2 heteroatoms. The molecule has 0 radical (unpaired) electrons. The molecule has 2 rings (SSSR count). The summed E-state index contributed by atoms with van der Waals surface area (Å²) in [6.07, 6.45) is 21.2. The highest BCUT2D eigenvalue weighted by Gasteiger charge is 2.22. The van der Waals surface area contributed by atoms with Crippen molar-refractivity contribution in [1.29, 1.82) is 0 Å². The van der Waals surface area contributed by atoms with Crippen LogP contribution in [-0.2, 0) is 4.74 Å². The van der Waals surface area contributed by atoms with Gasteiger partial charge in [-0.05, 0) is 75.7 Å². The Balaban J connectivity index is 1.66. The summed E-state index contributed by atoms with van der Waals surface area (Å²) in [5, 5.41) is 0. The van der Waals surface area contributed by atoms with E-state index in [9.17, 15) is 0 Å². The molecule has 0 aromatic heterocycles. The molecule has 2 fully saturated rings. The van der Waals surface area contributed by atoms with Crippen LogP contribution in [0.5, 0.6) is 0 Å². The third-order valence-corrected chi connectivity index (χ3v) is 8.38. The molecule has 2 saturated carbocycles. The molecule has 0 aromatic carbocycles. The van der Waals surface area contributed by atoms with Gasteiger partial charge >= 0.3 is 0 Å². The predicted molar refractivity (Wildman–Crippen MR) is 100 cm³/mol. The molecule has 1 atom stereocenters. The minimum Gasteiger partial charge on any atom is -0.386 e. The van der Waals surface area contributed by atoms with Gasteiger partial charge < -0.3 is 4.74 Å². The van der Waals surface area contributed by atoms with Crippen LogP contribution in [0.25, 0.3) is 0 Å². The average Bonchev–Trinajstić information content (AvgIpc) is 2.56. The first kappa shape index (κ1) is 18.0. The highest BCUT2D eigenvalue weighted by atomic mass is 28.2. The summed E-state index contributed by atoms with van der Waals surface area (Å²) in [5.74, 6) is 2.59. The minimum atomic E-state index is -0.0296. The average molecular weight is 321 g/mol. The van der Waals surface area contributed by atoms with Gasteiger partial charge in [0.25, 0.3) is 0 Å². The Labute approximate surface area is 140 Å². The van der Waals surface area contributed by atoms with Crippen LogP contribution in [0.1, 0.15) is 65.2 Å². The molecule has 0 saturated heterocycles. The Bertz CT molecular complexity index is 347. The first-order chi connectivity index (χ1) is 10.7. The van der Waals surface area contributed by atoms with Crippen molar-refractivity contribution in [3.05, 3.63) is 24.3 Å². The first-order valence-corrected chi connectivity index (χ1v) is 11.2. The maximum absolute atomic E-state index is 5.48. The summed E-state index contributed by atoms with van der Waals surface area (Å²) in [6.45, 7) is 4.42. The molecule has 0 spiro atoms. The van der Waals surface area contributed by atoms with Crippen LogP contribution < -0.4 is 0 Å². The van der Waals surface area contributed by atoms with E-state index >= 15 is 0 Å². The zero-order valence-electron chi connectivity index (χ0n) is 15.0. The van der Waals surface area contributed by atoms with E-state index in [0.717, 1.165) is 23.3 Å². The van der Waals surface area contributed by atoms with E-state index in [-0.39, 0.29) is 9.52 Å². The lowest BCUT2D eigenvalue weighted by atomic mass is 9.80. The first-order valence-electron chi connectivity index (χ1n) is 9.55. The Hall–Kier alpha value is -0.343. The molecular formula is C20H36OSi. The van der Waals surface area contributed by atoms with Crippen LogP contribution in [0, 0.1) is 17.8 Å². The summed E-state index contributed by atoms with van der Waals surface area (Å²) in [5.41, 5.74) is 1.61. The number of hydrogen-bond acceptors (Lipinski definition) is 1. The van der Waals surface area contributed by atoms with Crippen molar-refractivity contribution in [3.8, 4) is 0 Å². The quantitative estimate of drug-likeness (QED) is 0.491. The van der Waals surface area contributed by atoms with Crippen molar-refractivity contribution in [3.63, 3.8) is 0 Å². The van der Waals surface area contributed by atoms with Gasteiger partial charge in [0.05, 0.1) is 9.52 Å². The second kappa shape index (κ2) is 9.72. The Morgan fingerprint density at radius 2 is 1.27 bits per heavy atom. The second-order valence-corrected chi connectivity index (χ2v) is 10.4. The van der Waals surface area contributed by atoms with Crippen LogP contribution in [0.2, 0.25) is 5.54 Å². The van der Waals surface area contributed by atoms with E-state index in [1.165, 1.54) is 51.4 Å². The Morgan fingerprint density at radius 1 is 0.818 bits per heavy atom. The van der Waals surface area contributed by atoms with E-state index in [4.69, 9.17) is 4.74 Å². The molecular weight excluding hydrogens is 284 g/mol. The summed E-state index contributed by atoms with van der Waals surface area (Å²) in [6, 6.07) is 0. The van der Waals surface area contributed by atoms with Gasteiger partial charge in [-0.15, -0.1) is 0 Å². The number of methoxy groups -OCH3 is 1. The number of allylic oxidation sites excluding steroid dienone is 4. The van der Waals surface area contributed by atoms with E-state index in [1.54, 1.807) is 0 Å². The van der Waals surface area contributed by atoms with Crippen LogP contribution in [0.15, 0.2) is 24.3 Å². The fourth-order valence-corrected chi connectivity index (χ4v) is 6.37. The van der Waals surface area contributed by atoms with E-state index in [2.05, 4.69) is 38.2 Å². The minimum absolute atomic E-state index is 0.0296. The van der Waals surface area contributed by atoms with Crippen molar-refractivity contribution in [2.75, 3.05) is 7.11 Å². The molecule has 0 aliphatic heterocycles. The second-order valence-electron chi connectivity index (χ2n) is 7.65. The van der Waals surface area contributed by atoms with Crippen LogP contribution >= 0.6 is 0 Å². The molecule has 126 valence electrons. The fraction of sp³-hybridized carbons (Fsp3) is 0.800. The van der Waals surface area contributed by atoms with Gasteiger partial charge in [-0.3, -0.25) is 0 Å². The molecule has 1 nitrogen and oxygen atoms in total. The normalized spacial score (nSPS) is 35.8. The van der Waals surface area contributed by atoms with Crippen LogP contribution in [0.3, 0.4) is 0 Å². The molecule has 0 heterocycles. The lowest BCUT2D eigenvalue weighted by Crippen LogP contribution is -2.23. The number of ether oxygens (including phenoxy) is 1. The van der Waals surface area contributed by atoms with Crippen molar-refractivity contribution >= 4 is 9.52 Å². The van der Waals surface area contributed by atoms with Crippen molar-refractivity contribution in [2.24, 2.45) is 17.8 Å². The summed E-state index contributed by atoms with van der Waals surface area (Å²) >= 11 is 0. The van der Waals surface area contributed by atoms with Gasteiger partial charge in [-0.2, -0.15) is 0 Å². The van der Waals surface area contributed by atoms with E-state index in [0.29, 0.717) is 5.73 Å². The standard InChI is InChI=1S/C20H36OSi/c1-4-5-17-6-8-18(9-7-17)10-11-19-12-14-20(15-13-19)22-16(2)21-3/h4-5,10-11,16-20H,6-9,12-15,22H2,1-3H3/b5-4+,11-10+/t16?,17-,18-,19?,20?. The lowest BCUT2D eigenvalue weighted by molar-refractivity contribution is 0.176. The summed E-state index contributed by atoms with van der Waals surface area (Å²) in [7, 11) is 1.84. The molecule has 2 aliphatic carbocycles. The zero-order valence-corrected chi connectivity index (χ0v) is 16.4. The van der Waals surface area contributed by atoms with Crippen LogP contribution in [-0.4, -0.2) is 22.4 Å². The van der Waals surface area contributed by atoms with Crippen molar-refractivity contribution in [2.45, 2.75) is 76.5 Å². The third-order valence-electron chi connectivity index (χ3n) is 5.90. The highest BCUT2D eigenvalue weighted by molar-refractivity contribution is 6.39. The monoisotopic (exact) mass is 320 g/mol. The van der Waals surface area contributed by atoms with E-state index in [1.807, 2.05) is 7.11 Å². The lowest BCUT2D eigenvalue weighted by Gasteiger charge is -2.29. The SMILES string of the molecule is C/C=C/[C@H]1CC[C@H](/C=C/C2CCC([SiH2]C(C)OC)CC2)CC1. The van der Waals surface area contributed by atoms with Gasteiger partial charge in [0.2, 0.25) is 0 Å². The largest absolute Gasteiger partial charge is 0.386 e. The van der Waals surface area contributed by atoms with Crippen molar-refractivity contribution < 1.29 is 4.74 Å². The molecule has 0 amide bonds. The van der Waals surface area contributed by atoms with Gasteiger partial charge in [-0.1, -0.05) is 37.1 Å². The fourth-order valence-electron chi connectivity index (χ4n) is 4.30. The third kappa shape index (κ3) is 6.04. The van der Waals surface area contributed by atoms with Crippen molar-refractivity contribution in [1.82, 2.24) is 0 Å². The summed E-state index contributed by atoms with van der Waals surface area (Å²) < 4.78 is 5.48. The maximum atomic E-state index is 5.48. The number of rotatable bonds is 6. The predicted octanol–water partition coefficient (Wildman–Crippen LogP) is 5.07. The number of hydrogen-bond donors (Lipinski definition) is 0. The maximum Gasteiger partial charge on any atom is 0.0583 e. The molecule has 22 heavy (non-hydrogen) atoms. The molecule has 0 bridgehead atoms. The van der Waals surface area contributed by atoms with Gasteiger partial charge in [0, 0.05) is 12.8 Å². The van der Waals surface area contributed by atoms with Gasteiger partial charge in [-0.25, -0.2) is 0 Å². The molecule has 2 aliphatic rings. The molecule has 0 aromatic rings. The van der Waals surface area contributed by atoms with Gasteiger partial charge in [0.15, 0.2) is 0 Å². The smallest absolute Gasteiger partial charge is 0.0583 e. The van der Waals surface area contributed by atoms with Crippen LogP contribution in [0.4, 0.5) is 0 Å². The summed E-state index contributed by atoms with van der Waals surface area (Å²) in [4.78, 5) is 0.